The van der Waals surface area contributed by atoms with Gasteiger partial charge in [-0.15, -0.1) is 0 Å². The summed E-state index contributed by atoms with van der Waals surface area (Å²) in [6.07, 6.45) is 1.41. The molecular formula is C12H14O4. The van der Waals surface area contributed by atoms with Crippen molar-refractivity contribution in [2.75, 3.05) is 7.11 Å². The zero-order valence-corrected chi connectivity index (χ0v) is 9.79. The molecule has 1 rings (SSSR count). The summed E-state index contributed by atoms with van der Waals surface area (Å²) < 4.78 is 10.1. The zero-order valence-electron chi connectivity index (χ0n) is 9.79. The van der Waals surface area contributed by atoms with E-state index in [1.165, 1.54) is 20.1 Å². The van der Waals surface area contributed by atoms with Gasteiger partial charge < -0.3 is 9.15 Å². The van der Waals surface area contributed by atoms with E-state index in [1.807, 2.05) is 0 Å². The second kappa shape index (κ2) is 4.79. The van der Waals surface area contributed by atoms with Crippen LogP contribution in [0.1, 0.15) is 25.2 Å². The van der Waals surface area contributed by atoms with E-state index in [2.05, 4.69) is 0 Å². The van der Waals surface area contributed by atoms with Crippen LogP contribution in [-0.2, 0) is 4.79 Å². The lowest BCUT2D eigenvalue weighted by molar-refractivity contribution is -0.112. The molecule has 0 fully saturated rings. The number of carbonyl (C=O) groups excluding carboxylic acids is 1. The molecule has 0 saturated carbocycles. The molecule has 0 unspecified atom stereocenters. The molecule has 0 saturated heterocycles. The predicted octanol–water partition coefficient (Wildman–Crippen LogP) is 1.95. The average molecular weight is 222 g/mol. The Kier molecular flexibility index (Phi) is 3.66. The lowest BCUT2D eigenvalue weighted by Gasteiger charge is -2.05. The molecule has 0 aliphatic carbocycles. The maximum Gasteiger partial charge on any atom is 0.342 e. The van der Waals surface area contributed by atoms with Crippen molar-refractivity contribution in [2.45, 2.75) is 20.8 Å². The summed E-state index contributed by atoms with van der Waals surface area (Å²) in [7, 11) is 1.48. The summed E-state index contributed by atoms with van der Waals surface area (Å²) in [5, 5.41) is 0. The molecule has 4 heteroatoms. The Balaban J connectivity index is 3.32. The second-order valence-electron chi connectivity index (χ2n) is 3.53. The number of hydrogen-bond donors (Lipinski definition) is 0. The summed E-state index contributed by atoms with van der Waals surface area (Å²) in [4.78, 5) is 22.4. The SMILES string of the molecule is COc1cc(C(C)=CC(C)=O)oc(=O)c1C. The van der Waals surface area contributed by atoms with Crippen molar-refractivity contribution in [2.24, 2.45) is 0 Å². The maximum absolute atomic E-state index is 11.5. The van der Waals surface area contributed by atoms with Crippen molar-refractivity contribution in [3.8, 4) is 5.75 Å². The smallest absolute Gasteiger partial charge is 0.342 e. The van der Waals surface area contributed by atoms with Crippen molar-refractivity contribution >= 4 is 11.4 Å². The fraction of sp³-hybridized carbons (Fsp3) is 0.333. The predicted molar refractivity (Wildman–Crippen MR) is 60.6 cm³/mol. The van der Waals surface area contributed by atoms with Crippen molar-refractivity contribution in [1.82, 2.24) is 0 Å². The lowest BCUT2D eigenvalue weighted by atomic mass is 10.1. The summed E-state index contributed by atoms with van der Waals surface area (Å²) in [5.74, 6) is 0.713. The highest BCUT2D eigenvalue weighted by atomic mass is 16.5. The minimum Gasteiger partial charge on any atom is -0.496 e. The largest absolute Gasteiger partial charge is 0.496 e. The molecule has 0 aliphatic rings. The van der Waals surface area contributed by atoms with E-state index in [0.29, 0.717) is 22.6 Å². The summed E-state index contributed by atoms with van der Waals surface area (Å²) in [6.45, 7) is 4.76. The van der Waals surface area contributed by atoms with Crippen molar-refractivity contribution < 1.29 is 13.9 Å². The first kappa shape index (κ1) is 12.2. The standard InChI is InChI=1S/C12H14O4/c1-7(5-8(2)13)10-6-11(15-4)9(3)12(14)16-10/h5-6H,1-4H3. The Morgan fingerprint density at radius 2 is 2.06 bits per heavy atom. The van der Waals surface area contributed by atoms with Crippen molar-refractivity contribution in [3.63, 3.8) is 0 Å². The van der Waals surface area contributed by atoms with Crippen LogP contribution < -0.4 is 10.4 Å². The molecule has 0 radical (unpaired) electrons. The molecule has 0 spiro atoms. The minimum absolute atomic E-state index is 0.0975. The quantitative estimate of drug-likeness (QED) is 0.733. The molecule has 86 valence electrons. The Bertz CT molecular complexity index is 494. The van der Waals surface area contributed by atoms with Crippen LogP contribution in [0.5, 0.6) is 5.75 Å². The van der Waals surface area contributed by atoms with Gasteiger partial charge in [-0.2, -0.15) is 0 Å². The molecule has 0 amide bonds. The van der Waals surface area contributed by atoms with Gasteiger partial charge in [0.15, 0.2) is 5.78 Å². The number of methoxy groups -OCH3 is 1. The van der Waals surface area contributed by atoms with E-state index in [4.69, 9.17) is 9.15 Å². The number of ether oxygens (including phenoxy) is 1. The molecule has 16 heavy (non-hydrogen) atoms. The van der Waals surface area contributed by atoms with Gasteiger partial charge in [-0.1, -0.05) is 0 Å². The Labute approximate surface area is 93.5 Å². The van der Waals surface area contributed by atoms with Crippen LogP contribution >= 0.6 is 0 Å². The first-order valence-electron chi connectivity index (χ1n) is 4.83. The molecule has 1 aromatic rings. The molecule has 1 aromatic heterocycles. The van der Waals surface area contributed by atoms with E-state index in [-0.39, 0.29) is 5.78 Å². The number of allylic oxidation sites excluding steroid dienone is 2. The third-order valence-corrected chi connectivity index (χ3v) is 2.17. The highest BCUT2D eigenvalue weighted by Crippen LogP contribution is 2.20. The van der Waals surface area contributed by atoms with Gasteiger partial charge >= 0.3 is 5.63 Å². The number of carbonyl (C=O) groups is 1. The molecule has 0 N–H and O–H groups in total. The maximum atomic E-state index is 11.5. The van der Waals surface area contributed by atoms with E-state index < -0.39 is 5.63 Å². The van der Waals surface area contributed by atoms with Gasteiger partial charge in [-0.25, -0.2) is 4.79 Å². The van der Waals surface area contributed by atoms with Crippen molar-refractivity contribution in [1.29, 1.82) is 0 Å². The topological polar surface area (TPSA) is 56.5 Å². The third kappa shape index (κ3) is 2.59. The van der Waals surface area contributed by atoms with Crippen molar-refractivity contribution in [3.05, 3.63) is 33.9 Å². The highest BCUT2D eigenvalue weighted by Gasteiger charge is 2.09. The number of hydrogen-bond acceptors (Lipinski definition) is 4. The average Bonchev–Trinajstić information content (AvgIpc) is 2.20. The molecular weight excluding hydrogens is 208 g/mol. The van der Waals surface area contributed by atoms with Crippen LogP contribution in [0, 0.1) is 6.92 Å². The van der Waals surface area contributed by atoms with Gasteiger partial charge in [0.05, 0.1) is 12.7 Å². The molecule has 0 atom stereocenters. The summed E-state index contributed by atoms with van der Waals surface area (Å²) in [5.41, 5.74) is 0.565. The van der Waals surface area contributed by atoms with Gasteiger partial charge in [0, 0.05) is 6.07 Å². The van der Waals surface area contributed by atoms with Gasteiger partial charge in [-0.05, 0) is 32.4 Å². The zero-order chi connectivity index (χ0) is 12.3. The Morgan fingerprint density at radius 1 is 1.44 bits per heavy atom. The Morgan fingerprint density at radius 3 is 2.56 bits per heavy atom. The third-order valence-electron chi connectivity index (χ3n) is 2.17. The summed E-state index contributed by atoms with van der Waals surface area (Å²) in [6, 6.07) is 1.60. The fourth-order valence-corrected chi connectivity index (χ4v) is 1.32. The second-order valence-corrected chi connectivity index (χ2v) is 3.53. The highest BCUT2D eigenvalue weighted by molar-refractivity contribution is 5.94. The first-order valence-corrected chi connectivity index (χ1v) is 4.83. The molecule has 0 bridgehead atoms. The van der Waals surface area contributed by atoms with Crippen LogP contribution in [0.4, 0.5) is 0 Å². The van der Waals surface area contributed by atoms with E-state index in [1.54, 1.807) is 19.9 Å². The fourth-order valence-electron chi connectivity index (χ4n) is 1.32. The van der Waals surface area contributed by atoms with Crippen LogP contribution in [0.15, 0.2) is 21.4 Å². The van der Waals surface area contributed by atoms with Gasteiger partial charge in [-0.3, -0.25) is 4.79 Å². The number of ketones is 1. The monoisotopic (exact) mass is 222 g/mol. The van der Waals surface area contributed by atoms with Gasteiger partial charge in [0.1, 0.15) is 11.5 Å². The molecule has 4 nitrogen and oxygen atoms in total. The van der Waals surface area contributed by atoms with Gasteiger partial charge in [0.25, 0.3) is 0 Å². The molecule has 0 aromatic carbocycles. The molecule has 1 heterocycles. The molecule has 0 aliphatic heterocycles. The first-order chi connectivity index (χ1) is 7.45. The van der Waals surface area contributed by atoms with Crippen LogP contribution in [0.2, 0.25) is 0 Å². The summed E-state index contributed by atoms with van der Waals surface area (Å²) >= 11 is 0. The van der Waals surface area contributed by atoms with E-state index in [9.17, 15) is 9.59 Å². The van der Waals surface area contributed by atoms with Gasteiger partial charge in [0.2, 0.25) is 0 Å². The van der Waals surface area contributed by atoms with E-state index in [0.717, 1.165) is 0 Å². The van der Waals surface area contributed by atoms with Crippen LogP contribution in [0.3, 0.4) is 0 Å². The van der Waals surface area contributed by atoms with Crippen LogP contribution in [0.25, 0.3) is 5.57 Å². The van der Waals surface area contributed by atoms with Crippen LogP contribution in [-0.4, -0.2) is 12.9 Å². The minimum atomic E-state index is -0.453. The van der Waals surface area contributed by atoms with E-state index >= 15 is 0 Å². The Hall–Kier alpha value is -1.84. The lowest BCUT2D eigenvalue weighted by Crippen LogP contribution is -2.07. The normalized spacial score (nSPS) is 11.4. The number of rotatable bonds is 3.